The first kappa shape index (κ1) is 20.9. The maximum absolute atomic E-state index is 10.3. The van der Waals surface area contributed by atoms with Gasteiger partial charge in [-0.25, -0.2) is 4.98 Å². The first-order valence-corrected chi connectivity index (χ1v) is 9.83. The molecule has 1 unspecified atom stereocenters. The van der Waals surface area contributed by atoms with Crippen LogP contribution in [-0.2, 0) is 11.2 Å². The number of rotatable bonds is 7. The standard InChI is InChI=1S/C19H22ClN5O5/c20-19-23-16(22-11(7-26)6-10-4-2-1-3-5-10)13-17(24-19)25(9-21-13)18-15(29)14(28)12(8-27)30-18/h1-5,9,11-12,14-15,18,26-29H,6-8H2,(H,22,23,24)/t11-,12+,14+,15+,18?/m0/s1. The summed E-state index contributed by atoms with van der Waals surface area (Å²) in [6, 6.07) is 9.34. The number of hydrogen-bond acceptors (Lipinski definition) is 9. The molecule has 1 fully saturated rings. The average Bonchev–Trinajstić information content (AvgIpc) is 3.29. The second-order valence-corrected chi connectivity index (χ2v) is 7.45. The molecule has 160 valence electrons. The van der Waals surface area contributed by atoms with E-state index in [0.717, 1.165) is 5.56 Å². The zero-order valence-electron chi connectivity index (χ0n) is 15.8. The normalized spacial score (nSPS) is 25.0. The van der Waals surface area contributed by atoms with Gasteiger partial charge in [0.25, 0.3) is 0 Å². The van der Waals surface area contributed by atoms with Crippen LogP contribution in [0.3, 0.4) is 0 Å². The lowest BCUT2D eigenvalue weighted by atomic mass is 10.1. The zero-order valence-corrected chi connectivity index (χ0v) is 16.6. The lowest BCUT2D eigenvalue weighted by molar-refractivity contribution is -0.0511. The Balaban J connectivity index is 1.64. The van der Waals surface area contributed by atoms with Crippen LogP contribution < -0.4 is 5.32 Å². The Morgan fingerprint density at radius 1 is 1.13 bits per heavy atom. The number of aromatic nitrogens is 4. The summed E-state index contributed by atoms with van der Waals surface area (Å²) in [6.07, 6.45) is -2.52. The van der Waals surface area contributed by atoms with E-state index in [1.807, 2.05) is 30.3 Å². The number of imidazole rings is 1. The first-order valence-electron chi connectivity index (χ1n) is 9.45. The highest BCUT2D eigenvalue weighted by Gasteiger charge is 2.44. The van der Waals surface area contributed by atoms with E-state index in [9.17, 15) is 20.4 Å². The molecule has 0 aliphatic carbocycles. The number of halogens is 1. The number of nitrogens with zero attached hydrogens (tertiary/aromatic N) is 4. The highest BCUT2D eigenvalue weighted by atomic mass is 35.5. The summed E-state index contributed by atoms with van der Waals surface area (Å²) >= 11 is 6.11. The quantitative estimate of drug-likeness (QED) is 0.326. The molecule has 0 saturated carbocycles. The minimum Gasteiger partial charge on any atom is -0.394 e. The summed E-state index contributed by atoms with van der Waals surface area (Å²) in [5.74, 6) is 0.325. The van der Waals surface area contributed by atoms with Crippen LogP contribution in [0.2, 0.25) is 5.28 Å². The van der Waals surface area contributed by atoms with Crippen LogP contribution in [0.4, 0.5) is 5.82 Å². The van der Waals surface area contributed by atoms with Crippen LogP contribution in [0.25, 0.3) is 11.2 Å². The van der Waals surface area contributed by atoms with E-state index in [2.05, 4.69) is 20.3 Å². The van der Waals surface area contributed by atoms with Gasteiger partial charge in [0.05, 0.1) is 25.6 Å². The van der Waals surface area contributed by atoms with Crippen LogP contribution in [0.15, 0.2) is 36.7 Å². The van der Waals surface area contributed by atoms with Crippen molar-refractivity contribution in [1.82, 2.24) is 19.5 Å². The number of hydrogen-bond donors (Lipinski definition) is 5. The van der Waals surface area contributed by atoms with E-state index in [1.165, 1.54) is 10.9 Å². The average molecular weight is 436 g/mol. The Morgan fingerprint density at radius 3 is 2.57 bits per heavy atom. The van der Waals surface area contributed by atoms with Gasteiger partial charge in [-0.3, -0.25) is 4.57 Å². The fourth-order valence-corrected chi connectivity index (χ4v) is 3.70. The smallest absolute Gasteiger partial charge is 0.226 e. The van der Waals surface area contributed by atoms with Crippen molar-refractivity contribution in [3.05, 3.63) is 47.5 Å². The van der Waals surface area contributed by atoms with E-state index in [-0.39, 0.29) is 23.6 Å². The second-order valence-electron chi connectivity index (χ2n) is 7.11. The van der Waals surface area contributed by atoms with Gasteiger partial charge in [0.15, 0.2) is 23.2 Å². The van der Waals surface area contributed by atoms with Gasteiger partial charge in [0, 0.05) is 0 Å². The fourth-order valence-electron chi connectivity index (χ4n) is 3.54. The number of ether oxygens (including phenoxy) is 1. The Morgan fingerprint density at radius 2 is 1.90 bits per heavy atom. The number of nitrogens with one attached hydrogen (secondary N) is 1. The van der Waals surface area contributed by atoms with Gasteiger partial charge in [0.1, 0.15) is 18.3 Å². The number of benzene rings is 1. The van der Waals surface area contributed by atoms with Crippen molar-refractivity contribution in [2.75, 3.05) is 18.5 Å². The molecule has 5 N–H and O–H groups in total. The molecule has 3 aromatic rings. The van der Waals surface area contributed by atoms with Gasteiger partial charge < -0.3 is 30.5 Å². The molecule has 30 heavy (non-hydrogen) atoms. The van der Waals surface area contributed by atoms with E-state index >= 15 is 0 Å². The molecule has 0 spiro atoms. The fraction of sp³-hybridized carbons (Fsp3) is 0.421. The van der Waals surface area contributed by atoms with Crippen LogP contribution in [-0.4, -0.2) is 77.5 Å². The number of anilines is 1. The van der Waals surface area contributed by atoms with Crippen molar-refractivity contribution >= 4 is 28.6 Å². The second kappa shape index (κ2) is 8.80. The summed E-state index contributed by atoms with van der Waals surface area (Å²) in [6.45, 7) is -0.588. The molecule has 0 amide bonds. The summed E-state index contributed by atoms with van der Waals surface area (Å²) in [7, 11) is 0. The molecule has 4 rings (SSSR count). The Labute approximate surface area is 176 Å². The molecule has 1 aliphatic heterocycles. The van der Waals surface area contributed by atoms with Crippen molar-refractivity contribution in [3.63, 3.8) is 0 Å². The van der Waals surface area contributed by atoms with Gasteiger partial charge in [-0.15, -0.1) is 0 Å². The highest BCUT2D eigenvalue weighted by molar-refractivity contribution is 6.28. The first-order chi connectivity index (χ1) is 14.5. The molecule has 1 aliphatic rings. The predicted octanol–water partition coefficient (Wildman–Crippen LogP) is 0.107. The Kier molecular flexibility index (Phi) is 6.14. The van der Waals surface area contributed by atoms with Gasteiger partial charge in [-0.2, -0.15) is 9.97 Å². The van der Waals surface area contributed by atoms with Gasteiger partial charge in [-0.1, -0.05) is 30.3 Å². The molecule has 11 heteroatoms. The van der Waals surface area contributed by atoms with Crippen molar-refractivity contribution in [1.29, 1.82) is 0 Å². The third-order valence-electron chi connectivity index (χ3n) is 5.07. The van der Waals surface area contributed by atoms with Crippen molar-refractivity contribution in [2.45, 2.75) is 37.0 Å². The largest absolute Gasteiger partial charge is 0.394 e. The summed E-state index contributed by atoms with van der Waals surface area (Å²) < 4.78 is 6.99. The molecule has 1 saturated heterocycles. The SMILES string of the molecule is OC[C@H](Cc1ccccc1)Nc1nc(Cl)nc2c1ncn2C1O[C@H](CO)[C@@H](O)[C@H]1O. The lowest BCUT2D eigenvalue weighted by Gasteiger charge is -2.18. The zero-order chi connectivity index (χ0) is 21.3. The third-order valence-corrected chi connectivity index (χ3v) is 5.24. The number of aliphatic hydroxyl groups excluding tert-OH is 4. The lowest BCUT2D eigenvalue weighted by Crippen LogP contribution is -2.33. The van der Waals surface area contributed by atoms with Gasteiger partial charge in [0.2, 0.25) is 5.28 Å². The van der Waals surface area contributed by atoms with E-state index < -0.39 is 31.1 Å². The minimum atomic E-state index is -1.28. The van der Waals surface area contributed by atoms with Crippen molar-refractivity contribution in [2.24, 2.45) is 0 Å². The van der Waals surface area contributed by atoms with Crippen LogP contribution in [0.1, 0.15) is 11.8 Å². The van der Waals surface area contributed by atoms with Crippen molar-refractivity contribution < 1.29 is 25.2 Å². The van der Waals surface area contributed by atoms with Crippen molar-refractivity contribution in [3.8, 4) is 0 Å². The molecule has 1 aromatic carbocycles. The highest BCUT2D eigenvalue weighted by Crippen LogP contribution is 2.32. The molecule has 3 heterocycles. The molecular formula is C19H22ClN5O5. The Bertz CT molecular complexity index is 1000. The summed E-state index contributed by atoms with van der Waals surface area (Å²) in [5.41, 5.74) is 1.69. The maximum atomic E-state index is 10.3. The maximum Gasteiger partial charge on any atom is 0.226 e. The summed E-state index contributed by atoms with van der Waals surface area (Å²) in [5, 5.41) is 42.6. The molecular weight excluding hydrogens is 414 g/mol. The van der Waals surface area contributed by atoms with Gasteiger partial charge in [-0.05, 0) is 23.6 Å². The topological polar surface area (TPSA) is 146 Å². The van der Waals surface area contributed by atoms with Gasteiger partial charge >= 0.3 is 0 Å². The Hall–Kier alpha value is -2.34. The number of aliphatic hydroxyl groups is 4. The van der Waals surface area contributed by atoms with E-state index in [0.29, 0.717) is 17.8 Å². The van der Waals surface area contributed by atoms with Crippen LogP contribution in [0, 0.1) is 0 Å². The molecule has 2 aromatic heterocycles. The third kappa shape index (κ3) is 3.97. The monoisotopic (exact) mass is 435 g/mol. The molecule has 0 radical (unpaired) electrons. The van der Waals surface area contributed by atoms with Crippen LogP contribution >= 0.6 is 11.6 Å². The molecule has 10 nitrogen and oxygen atoms in total. The summed E-state index contributed by atoms with van der Waals surface area (Å²) in [4.78, 5) is 12.7. The number of fused-ring (bicyclic) bond motifs is 1. The molecule has 0 bridgehead atoms. The van der Waals surface area contributed by atoms with E-state index in [1.54, 1.807) is 0 Å². The minimum absolute atomic E-state index is 0.0603. The molecule has 5 atom stereocenters. The van der Waals surface area contributed by atoms with E-state index in [4.69, 9.17) is 16.3 Å². The van der Waals surface area contributed by atoms with Crippen LogP contribution in [0.5, 0.6) is 0 Å². The predicted molar refractivity (Wildman–Crippen MR) is 108 cm³/mol.